The Hall–Kier alpha value is -2.73. The third-order valence-electron chi connectivity index (χ3n) is 4.48. The normalized spacial score (nSPS) is 12.3. The maximum absolute atomic E-state index is 13.4. The molecule has 2 heterocycles. The van der Waals surface area contributed by atoms with Gasteiger partial charge in [0.2, 0.25) is 5.91 Å². The predicted octanol–water partition coefficient (Wildman–Crippen LogP) is 3.14. The van der Waals surface area contributed by atoms with E-state index in [1.54, 1.807) is 18.3 Å². The van der Waals surface area contributed by atoms with Gasteiger partial charge in [0, 0.05) is 36.3 Å². The van der Waals surface area contributed by atoms with E-state index in [0.717, 1.165) is 28.6 Å². The minimum absolute atomic E-state index is 0.0729. The number of rotatable bonds is 7. The molecule has 0 saturated carbocycles. The number of halogens is 1. The molecule has 3 N–H and O–H groups in total. The number of aromatic nitrogens is 2. The molecule has 3 rings (SSSR count). The van der Waals surface area contributed by atoms with Gasteiger partial charge in [-0.15, -0.1) is 0 Å². The number of aryl methyl sites for hydroxylation is 1. The minimum Gasteiger partial charge on any atom is -0.346 e. The average molecular weight is 354 g/mol. The first-order valence-corrected chi connectivity index (χ1v) is 8.81. The molecular formula is C20H23FN4O. The van der Waals surface area contributed by atoms with Gasteiger partial charge in [0.15, 0.2) is 0 Å². The molecule has 1 atom stereocenters. The van der Waals surface area contributed by atoms with E-state index in [-0.39, 0.29) is 17.8 Å². The van der Waals surface area contributed by atoms with Crippen LogP contribution in [0.4, 0.5) is 4.39 Å². The van der Waals surface area contributed by atoms with Crippen molar-refractivity contribution in [3.8, 4) is 0 Å². The number of benzene rings is 1. The van der Waals surface area contributed by atoms with Crippen LogP contribution in [0.1, 0.15) is 36.9 Å². The van der Waals surface area contributed by atoms with Crippen LogP contribution in [0.25, 0.3) is 10.9 Å². The van der Waals surface area contributed by atoms with E-state index in [2.05, 4.69) is 21.8 Å². The molecule has 5 nitrogen and oxygen atoms in total. The predicted molar refractivity (Wildman–Crippen MR) is 100 cm³/mol. The van der Waals surface area contributed by atoms with Crippen LogP contribution in [0.3, 0.4) is 0 Å². The quantitative estimate of drug-likeness (QED) is 0.685. The SMILES string of the molecule is CCn1cc(C(NC(=O)CCCN)c2ccc(F)cc2)c2ccncc21. The van der Waals surface area contributed by atoms with Crippen molar-refractivity contribution >= 4 is 16.8 Å². The van der Waals surface area contributed by atoms with Gasteiger partial charge < -0.3 is 15.6 Å². The Morgan fingerprint density at radius 1 is 1.31 bits per heavy atom. The van der Waals surface area contributed by atoms with Gasteiger partial charge in [-0.1, -0.05) is 12.1 Å². The van der Waals surface area contributed by atoms with E-state index in [9.17, 15) is 9.18 Å². The number of fused-ring (bicyclic) bond motifs is 1. The van der Waals surface area contributed by atoms with Gasteiger partial charge in [-0.3, -0.25) is 9.78 Å². The summed E-state index contributed by atoms with van der Waals surface area (Å²) in [4.78, 5) is 16.6. The molecule has 1 aromatic carbocycles. The largest absolute Gasteiger partial charge is 0.346 e. The van der Waals surface area contributed by atoms with E-state index in [4.69, 9.17) is 5.73 Å². The molecule has 3 aromatic rings. The number of carbonyl (C=O) groups is 1. The van der Waals surface area contributed by atoms with Crippen molar-refractivity contribution in [3.63, 3.8) is 0 Å². The standard InChI is InChI=1S/C20H23FN4O/c1-2-25-13-17(16-9-11-23-12-18(16)25)20(24-19(26)4-3-10-22)14-5-7-15(21)8-6-14/h5-9,11-13,20H,2-4,10,22H2,1H3,(H,24,26). The molecule has 0 bridgehead atoms. The second-order valence-corrected chi connectivity index (χ2v) is 6.21. The van der Waals surface area contributed by atoms with Crippen LogP contribution in [0.15, 0.2) is 48.9 Å². The van der Waals surface area contributed by atoms with Gasteiger partial charge in [0.1, 0.15) is 5.82 Å². The highest BCUT2D eigenvalue weighted by molar-refractivity contribution is 5.85. The minimum atomic E-state index is -0.362. The Morgan fingerprint density at radius 2 is 2.08 bits per heavy atom. The van der Waals surface area contributed by atoms with Gasteiger partial charge in [0.25, 0.3) is 0 Å². The fourth-order valence-corrected chi connectivity index (χ4v) is 3.15. The molecule has 0 aliphatic heterocycles. The highest BCUT2D eigenvalue weighted by Crippen LogP contribution is 2.30. The number of nitrogens with zero attached hydrogens (tertiary/aromatic N) is 2. The van der Waals surface area contributed by atoms with Crippen molar-refractivity contribution in [3.05, 3.63) is 65.9 Å². The molecule has 0 fully saturated rings. The molecule has 6 heteroatoms. The highest BCUT2D eigenvalue weighted by Gasteiger charge is 2.21. The maximum Gasteiger partial charge on any atom is 0.220 e. The second kappa shape index (κ2) is 8.10. The van der Waals surface area contributed by atoms with Crippen molar-refractivity contribution in [2.24, 2.45) is 5.73 Å². The van der Waals surface area contributed by atoms with E-state index < -0.39 is 0 Å². The second-order valence-electron chi connectivity index (χ2n) is 6.21. The fraction of sp³-hybridized carbons (Fsp3) is 0.300. The molecule has 136 valence electrons. The Bertz CT molecular complexity index is 888. The zero-order valence-corrected chi connectivity index (χ0v) is 14.8. The van der Waals surface area contributed by atoms with Gasteiger partial charge in [-0.25, -0.2) is 4.39 Å². The van der Waals surface area contributed by atoms with E-state index >= 15 is 0 Å². The molecule has 0 aliphatic carbocycles. The summed E-state index contributed by atoms with van der Waals surface area (Å²) < 4.78 is 15.5. The summed E-state index contributed by atoms with van der Waals surface area (Å²) in [5.41, 5.74) is 8.32. The zero-order chi connectivity index (χ0) is 18.5. The number of amides is 1. The zero-order valence-electron chi connectivity index (χ0n) is 14.8. The molecule has 2 aromatic heterocycles. The van der Waals surface area contributed by atoms with Gasteiger partial charge in [-0.05, 0) is 43.7 Å². The lowest BCUT2D eigenvalue weighted by Crippen LogP contribution is -2.29. The number of carbonyl (C=O) groups excluding carboxylic acids is 1. The van der Waals surface area contributed by atoms with E-state index in [0.29, 0.717) is 19.4 Å². The van der Waals surface area contributed by atoms with Crippen molar-refractivity contribution in [1.82, 2.24) is 14.9 Å². The first-order chi connectivity index (χ1) is 12.6. The van der Waals surface area contributed by atoms with Gasteiger partial charge >= 0.3 is 0 Å². The molecule has 0 radical (unpaired) electrons. The Morgan fingerprint density at radius 3 is 2.77 bits per heavy atom. The molecule has 26 heavy (non-hydrogen) atoms. The number of nitrogens with two attached hydrogens (primary N) is 1. The lowest BCUT2D eigenvalue weighted by molar-refractivity contribution is -0.121. The van der Waals surface area contributed by atoms with E-state index in [1.807, 2.05) is 18.5 Å². The van der Waals surface area contributed by atoms with Crippen LogP contribution >= 0.6 is 0 Å². The smallest absolute Gasteiger partial charge is 0.220 e. The van der Waals surface area contributed by atoms with Crippen LogP contribution in [-0.2, 0) is 11.3 Å². The molecule has 1 amide bonds. The Kier molecular flexibility index (Phi) is 5.63. The number of pyridine rings is 1. The number of nitrogens with one attached hydrogen (secondary N) is 1. The summed E-state index contributed by atoms with van der Waals surface area (Å²) in [6, 6.07) is 7.82. The summed E-state index contributed by atoms with van der Waals surface area (Å²) in [5.74, 6) is -0.377. The van der Waals surface area contributed by atoms with Crippen LogP contribution in [0.5, 0.6) is 0 Å². The third kappa shape index (κ3) is 3.75. The van der Waals surface area contributed by atoms with Crippen LogP contribution in [0.2, 0.25) is 0 Å². The third-order valence-corrected chi connectivity index (χ3v) is 4.48. The average Bonchev–Trinajstić information content (AvgIpc) is 3.04. The van der Waals surface area contributed by atoms with Gasteiger partial charge in [-0.2, -0.15) is 0 Å². The molecule has 0 saturated heterocycles. The molecular weight excluding hydrogens is 331 g/mol. The fourth-order valence-electron chi connectivity index (χ4n) is 3.15. The summed E-state index contributed by atoms with van der Waals surface area (Å²) in [6.45, 7) is 3.32. The molecule has 1 unspecified atom stereocenters. The van der Waals surface area contributed by atoms with Crippen LogP contribution in [0, 0.1) is 5.82 Å². The lowest BCUT2D eigenvalue weighted by Gasteiger charge is -2.19. The monoisotopic (exact) mass is 354 g/mol. The first-order valence-electron chi connectivity index (χ1n) is 8.81. The van der Waals surface area contributed by atoms with Crippen LogP contribution in [-0.4, -0.2) is 22.0 Å². The van der Waals surface area contributed by atoms with Crippen molar-refractivity contribution < 1.29 is 9.18 Å². The van der Waals surface area contributed by atoms with Gasteiger partial charge in [0.05, 0.1) is 17.8 Å². The summed E-state index contributed by atoms with van der Waals surface area (Å²) in [6.07, 6.45) is 6.58. The summed E-state index contributed by atoms with van der Waals surface area (Å²) in [7, 11) is 0. The number of hydrogen-bond acceptors (Lipinski definition) is 3. The van der Waals surface area contributed by atoms with E-state index in [1.165, 1.54) is 12.1 Å². The molecule has 0 aliphatic rings. The van der Waals surface area contributed by atoms with Crippen molar-refractivity contribution in [1.29, 1.82) is 0 Å². The molecule has 0 spiro atoms. The van der Waals surface area contributed by atoms with Crippen molar-refractivity contribution in [2.75, 3.05) is 6.54 Å². The summed E-state index contributed by atoms with van der Waals surface area (Å²) >= 11 is 0. The van der Waals surface area contributed by atoms with Crippen LogP contribution < -0.4 is 11.1 Å². The number of hydrogen-bond donors (Lipinski definition) is 2. The lowest BCUT2D eigenvalue weighted by atomic mass is 9.98. The maximum atomic E-state index is 13.4. The van der Waals surface area contributed by atoms with Crippen molar-refractivity contribution in [2.45, 2.75) is 32.4 Å². The highest BCUT2D eigenvalue weighted by atomic mass is 19.1. The topological polar surface area (TPSA) is 72.9 Å². The Labute approximate surface area is 152 Å². The summed E-state index contributed by atoms with van der Waals surface area (Å²) in [5, 5.41) is 4.11. The Balaban J connectivity index is 2.05. The first kappa shape index (κ1) is 18.1.